The minimum Gasteiger partial charge on any atom is -0.392 e. The van der Waals surface area contributed by atoms with Crippen LogP contribution in [-0.2, 0) is 11.2 Å². The third kappa shape index (κ3) is 2.95. The molecule has 1 heterocycles. The highest BCUT2D eigenvalue weighted by molar-refractivity contribution is 7.80. The third-order valence-corrected chi connectivity index (χ3v) is 4.85. The number of hydrogen-bond acceptors (Lipinski definition) is 4. The van der Waals surface area contributed by atoms with Gasteiger partial charge in [-0.25, -0.2) is 4.98 Å². The van der Waals surface area contributed by atoms with Crippen molar-refractivity contribution in [3.63, 3.8) is 0 Å². The number of rotatable bonds is 5. The molecule has 1 aliphatic rings. The number of carbonyl (C=O) groups is 1. The van der Waals surface area contributed by atoms with Crippen LogP contribution in [0.5, 0.6) is 0 Å². The highest BCUT2D eigenvalue weighted by atomic mass is 32.1. The smallest absolute Gasteiger partial charge is 0.233 e. The summed E-state index contributed by atoms with van der Waals surface area (Å²) in [5, 5.41) is 6.02. The summed E-state index contributed by atoms with van der Waals surface area (Å²) < 4.78 is 0. The second-order valence-corrected chi connectivity index (χ2v) is 6.83. The third-order valence-electron chi connectivity index (χ3n) is 3.63. The highest BCUT2D eigenvalue weighted by Gasteiger charge is 2.50. The van der Waals surface area contributed by atoms with Crippen molar-refractivity contribution in [2.24, 2.45) is 17.1 Å². The molecular weight excluding hydrogens is 278 g/mol. The van der Waals surface area contributed by atoms with E-state index in [4.69, 9.17) is 18.0 Å². The van der Waals surface area contributed by atoms with Gasteiger partial charge in [-0.3, -0.25) is 4.79 Å². The maximum Gasteiger partial charge on any atom is 0.233 e. The quantitative estimate of drug-likeness (QED) is 0.813. The van der Waals surface area contributed by atoms with Gasteiger partial charge in [-0.2, -0.15) is 0 Å². The molecule has 4 nitrogen and oxygen atoms in total. The number of nitrogens with zero attached hydrogens (tertiary/aromatic N) is 1. The van der Waals surface area contributed by atoms with Crippen molar-refractivity contribution in [2.75, 3.05) is 6.54 Å². The number of aromatic nitrogens is 1. The maximum absolute atomic E-state index is 12.2. The van der Waals surface area contributed by atoms with Crippen LogP contribution >= 0.6 is 23.6 Å². The number of nitrogens with two attached hydrogens (primary N) is 1. The van der Waals surface area contributed by atoms with E-state index in [1.807, 2.05) is 12.3 Å². The van der Waals surface area contributed by atoms with Crippen LogP contribution in [0.15, 0.2) is 5.38 Å². The molecule has 104 valence electrons. The summed E-state index contributed by atoms with van der Waals surface area (Å²) in [5.74, 6) is 0.499. The average Bonchev–Trinajstić information content (AvgIpc) is 2.70. The summed E-state index contributed by atoms with van der Waals surface area (Å²) >= 11 is 6.69. The fraction of sp³-hybridized carbons (Fsp3) is 0.615. The summed E-state index contributed by atoms with van der Waals surface area (Å²) in [7, 11) is 0. The van der Waals surface area contributed by atoms with Crippen LogP contribution in [0.25, 0.3) is 0 Å². The summed E-state index contributed by atoms with van der Waals surface area (Å²) in [4.78, 5) is 16.9. The Bertz CT molecular complexity index is 492. The molecule has 2 rings (SSSR count). The number of thiazole rings is 1. The predicted molar refractivity (Wildman–Crippen MR) is 81.2 cm³/mol. The van der Waals surface area contributed by atoms with E-state index < -0.39 is 5.41 Å². The maximum atomic E-state index is 12.2. The normalized spacial score (nSPS) is 25.7. The lowest BCUT2D eigenvalue weighted by Gasteiger charge is -2.44. The van der Waals surface area contributed by atoms with Gasteiger partial charge in [0.1, 0.15) is 0 Å². The lowest BCUT2D eigenvalue weighted by atomic mass is 9.62. The molecule has 0 aliphatic heterocycles. The Morgan fingerprint density at radius 2 is 2.37 bits per heavy atom. The molecule has 1 aromatic heterocycles. The first-order valence-corrected chi connectivity index (χ1v) is 7.72. The first-order chi connectivity index (χ1) is 8.94. The molecular formula is C13H19N3OS2. The molecule has 1 fully saturated rings. The van der Waals surface area contributed by atoms with E-state index in [0.717, 1.165) is 30.0 Å². The standard InChI is InChI=1S/C13H19N3OS2/c1-8-5-13(6-8,11(14)18)12(17)15-4-3-10-7-19-9(2)16-10/h7-8H,3-6H2,1-2H3,(H2,14,18)(H,15,17). The average molecular weight is 297 g/mol. The molecule has 1 saturated carbocycles. The van der Waals surface area contributed by atoms with E-state index in [1.165, 1.54) is 0 Å². The van der Waals surface area contributed by atoms with E-state index in [1.54, 1.807) is 11.3 Å². The molecule has 1 aromatic rings. The molecule has 1 aliphatic carbocycles. The minimum absolute atomic E-state index is 0.0231. The van der Waals surface area contributed by atoms with Crippen LogP contribution in [-0.4, -0.2) is 22.4 Å². The first-order valence-electron chi connectivity index (χ1n) is 6.43. The van der Waals surface area contributed by atoms with E-state index in [0.29, 0.717) is 17.5 Å². The van der Waals surface area contributed by atoms with Gasteiger partial charge in [-0.15, -0.1) is 11.3 Å². The van der Waals surface area contributed by atoms with Crippen LogP contribution in [0.4, 0.5) is 0 Å². The van der Waals surface area contributed by atoms with Gasteiger partial charge in [0.2, 0.25) is 5.91 Å². The van der Waals surface area contributed by atoms with E-state index in [9.17, 15) is 4.79 Å². The Kier molecular flexibility index (Phi) is 4.20. The number of hydrogen-bond donors (Lipinski definition) is 2. The van der Waals surface area contributed by atoms with Gasteiger partial charge >= 0.3 is 0 Å². The zero-order valence-electron chi connectivity index (χ0n) is 11.2. The molecule has 0 saturated heterocycles. The van der Waals surface area contributed by atoms with E-state index in [2.05, 4.69) is 17.2 Å². The lowest BCUT2D eigenvalue weighted by Crippen LogP contribution is -2.56. The van der Waals surface area contributed by atoms with Gasteiger partial charge in [-0.1, -0.05) is 19.1 Å². The SMILES string of the molecule is Cc1nc(CCNC(=O)C2(C(N)=S)CC(C)C2)cs1. The fourth-order valence-electron chi connectivity index (χ4n) is 2.62. The van der Waals surface area contributed by atoms with Gasteiger partial charge in [0, 0.05) is 18.3 Å². The molecule has 0 unspecified atom stereocenters. The lowest BCUT2D eigenvalue weighted by molar-refractivity contribution is -0.132. The Morgan fingerprint density at radius 1 is 1.68 bits per heavy atom. The van der Waals surface area contributed by atoms with Crippen molar-refractivity contribution < 1.29 is 4.79 Å². The molecule has 0 atom stereocenters. The molecule has 3 N–H and O–H groups in total. The number of nitrogens with one attached hydrogen (secondary N) is 1. The Balaban J connectivity index is 1.85. The molecule has 0 radical (unpaired) electrons. The summed E-state index contributed by atoms with van der Waals surface area (Å²) in [6.07, 6.45) is 2.28. The topological polar surface area (TPSA) is 68.0 Å². The largest absolute Gasteiger partial charge is 0.392 e. The highest BCUT2D eigenvalue weighted by Crippen LogP contribution is 2.45. The van der Waals surface area contributed by atoms with Gasteiger partial charge < -0.3 is 11.1 Å². The van der Waals surface area contributed by atoms with Crippen LogP contribution in [0.3, 0.4) is 0 Å². The number of carbonyl (C=O) groups excluding carboxylic acids is 1. The first kappa shape index (κ1) is 14.4. The van der Waals surface area contributed by atoms with Gasteiger partial charge in [0.15, 0.2) is 0 Å². The summed E-state index contributed by atoms with van der Waals surface area (Å²) in [6, 6.07) is 0. The summed E-state index contributed by atoms with van der Waals surface area (Å²) in [5.41, 5.74) is 6.16. The van der Waals surface area contributed by atoms with Gasteiger partial charge in [-0.05, 0) is 25.7 Å². The molecule has 1 amide bonds. The van der Waals surface area contributed by atoms with Crippen molar-refractivity contribution in [1.82, 2.24) is 10.3 Å². The summed E-state index contributed by atoms with van der Waals surface area (Å²) in [6.45, 7) is 4.67. The van der Waals surface area contributed by atoms with Crippen LogP contribution < -0.4 is 11.1 Å². The zero-order valence-corrected chi connectivity index (χ0v) is 12.9. The number of amides is 1. The predicted octanol–water partition coefficient (Wildman–Crippen LogP) is 1.81. The molecule has 0 aromatic carbocycles. The number of thiocarbonyl (C=S) groups is 1. The molecule has 0 spiro atoms. The fourth-order valence-corrected chi connectivity index (χ4v) is 3.53. The molecule has 6 heteroatoms. The van der Waals surface area contributed by atoms with Crippen molar-refractivity contribution in [2.45, 2.75) is 33.1 Å². The Labute approximate surface area is 122 Å². The van der Waals surface area contributed by atoms with Crippen molar-refractivity contribution >= 4 is 34.5 Å². The van der Waals surface area contributed by atoms with Crippen molar-refractivity contribution in [1.29, 1.82) is 0 Å². The van der Waals surface area contributed by atoms with Crippen molar-refractivity contribution in [3.8, 4) is 0 Å². The monoisotopic (exact) mass is 297 g/mol. The second kappa shape index (κ2) is 5.54. The van der Waals surface area contributed by atoms with Crippen LogP contribution in [0.1, 0.15) is 30.5 Å². The second-order valence-electron chi connectivity index (χ2n) is 5.32. The van der Waals surface area contributed by atoms with Gasteiger partial charge in [0.25, 0.3) is 0 Å². The molecule has 0 bridgehead atoms. The Hall–Kier alpha value is -1.01. The van der Waals surface area contributed by atoms with Gasteiger partial charge in [0.05, 0.1) is 21.1 Å². The van der Waals surface area contributed by atoms with Crippen LogP contribution in [0, 0.1) is 18.3 Å². The number of aryl methyl sites for hydroxylation is 1. The van der Waals surface area contributed by atoms with E-state index in [-0.39, 0.29) is 5.91 Å². The van der Waals surface area contributed by atoms with Crippen molar-refractivity contribution in [3.05, 3.63) is 16.1 Å². The van der Waals surface area contributed by atoms with Crippen LogP contribution in [0.2, 0.25) is 0 Å². The minimum atomic E-state index is -0.604. The zero-order chi connectivity index (χ0) is 14.0. The molecule has 19 heavy (non-hydrogen) atoms. The Morgan fingerprint density at radius 3 is 2.84 bits per heavy atom. The van der Waals surface area contributed by atoms with E-state index >= 15 is 0 Å².